The van der Waals surface area contributed by atoms with E-state index in [1.54, 1.807) is 23.9 Å². The standard InChI is InChI=1S/C14H12BrCl2NOS/c15-10-8-9(16)4-5-13(10)19-6-7-20-14-11(17)2-1-3-12(14)18/h1-5,8H,6-7,18H2. The summed E-state index contributed by atoms with van der Waals surface area (Å²) in [4.78, 5) is 0.896. The molecule has 0 amide bonds. The monoisotopic (exact) mass is 391 g/mol. The van der Waals surface area contributed by atoms with Gasteiger partial charge in [0.05, 0.1) is 16.1 Å². The van der Waals surface area contributed by atoms with Gasteiger partial charge in [-0.3, -0.25) is 0 Å². The van der Waals surface area contributed by atoms with E-state index < -0.39 is 0 Å². The zero-order chi connectivity index (χ0) is 14.5. The summed E-state index contributed by atoms with van der Waals surface area (Å²) >= 11 is 17.0. The van der Waals surface area contributed by atoms with Crippen molar-refractivity contribution in [3.8, 4) is 5.75 Å². The summed E-state index contributed by atoms with van der Waals surface area (Å²) in [5.41, 5.74) is 6.58. The molecule has 0 aliphatic rings. The van der Waals surface area contributed by atoms with Crippen LogP contribution in [0.4, 0.5) is 5.69 Å². The highest BCUT2D eigenvalue weighted by Crippen LogP contribution is 2.33. The van der Waals surface area contributed by atoms with E-state index in [0.717, 1.165) is 20.9 Å². The van der Waals surface area contributed by atoms with Crippen LogP contribution in [0.25, 0.3) is 0 Å². The molecule has 0 unspecified atom stereocenters. The Kier molecular flexibility index (Phi) is 5.90. The van der Waals surface area contributed by atoms with Gasteiger partial charge in [-0.15, -0.1) is 11.8 Å². The Morgan fingerprint density at radius 1 is 1.20 bits per heavy atom. The van der Waals surface area contributed by atoms with E-state index in [1.807, 2.05) is 24.3 Å². The molecule has 2 N–H and O–H groups in total. The highest BCUT2D eigenvalue weighted by atomic mass is 79.9. The van der Waals surface area contributed by atoms with E-state index in [4.69, 9.17) is 33.7 Å². The van der Waals surface area contributed by atoms with Crippen LogP contribution in [-0.2, 0) is 0 Å². The van der Waals surface area contributed by atoms with E-state index in [9.17, 15) is 0 Å². The number of hydrogen-bond donors (Lipinski definition) is 1. The summed E-state index contributed by atoms with van der Waals surface area (Å²) in [6, 6.07) is 10.9. The highest BCUT2D eigenvalue weighted by molar-refractivity contribution is 9.10. The first-order valence-electron chi connectivity index (χ1n) is 5.82. The second kappa shape index (κ2) is 7.46. The fourth-order valence-electron chi connectivity index (χ4n) is 1.57. The molecule has 2 aromatic rings. The lowest BCUT2D eigenvalue weighted by molar-refractivity contribution is 0.342. The molecule has 0 fully saturated rings. The average Bonchev–Trinajstić information content (AvgIpc) is 2.39. The number of nitrogens with two attached hydrogens (primary N) is 1. The van der Waals surface area contributed by atoms with Gasteiger partial charge in [-0.1, -0.05) is 29.3 Å². The van der Waals surface area contributed by atoms with Crippen molar-refractivity contribution in [2.75, 3.05) is 18.1 Å². The predicted octanol–water partition coefficient (Wildman–Crippen LogP) is 5.51. The van der Waals surface area contributed by atoms with Gasteiger partial charge in [-0.05, 0) is 46.3 Å². The van der Waals surface area contributed by atoms with Crippen molar-refractivity contribution in [2.45, 2.75) is 4.90 Å². The number of anilines is 1. The zero-order valence-corrected chi connectivity index (χ0v) is 14.3. The van der Waals surface area contributed by atoms with Gasteiger partial charge in [0.1, 0.15) is 5.75 Å². The van der Waals surface area contributed by atoms with E-state index in [0.29, 0.717) is 22.3 Å². The first-order chi connectivity index (χ1) is 9.58. The molecule has 2 rings (SSSR count). The number of ether oxygens (including phenoxy) is 1. The van der Waals surface area contributed by atoms with Crippen molar-refractivity contribution in [3.05, 3.63) is 50.9 Å². The molecule has 106 valence electrons. The predicted molar refractivity (Wildman–Crippen MR) is 91.2 cm³/mol. The van der Waals surface area contributed by atoms with Gasteiger partial charge in [0, 0.05) is 21.4 Å². The Bertz CT molecular complexity index is 589. The number of hydrogen-bond acceptors (Lipinski definition) is 3. The lowest BCUT2D eigenvalue weighted by Crippen LogP contribution is -2.01. The zero-order valence-electron chi connectivity index (χ0n) is 10.4. The smallest absolute Gasteiger partial charge is 0.133 e. The number of halogens is 3. The molecule has 20 heavy (non-hydrogen) atoms. The fourth-order valence-corrected chi connectivity index (χ4v) is 3.52. The Hall–Kier alpha value is -0.550. The molecule has 2 aromatic carbocycles. The van der Waals surface area contributed by atoms with E-state index in [-0.39, 0.29) is 0 Å². The topological polar surface area (TPSA) is 35.2 Å². The summed E-state index contributed by atoms with van der Waals surface area (Å²) in [6.45, 7) is 0.551. The molecule has 0 heterocycles. The summed E-state index contributed by atoms with van der Waals surface area (Å²) in [7, 11) is 0. The first kappa shape index (κ1) is 15.8. The summed E-state index contributed by atoms with van der Waals surface area (Å²) in [5.74, 6) is 1.52. The minimum atomic E-state index is 0.551. The second-order valence-electron chi connectivity index (χ2n) is 3.93. The third-order valence-corrected chi connectivity index (χ3v) is 4.88. The van der Waals surface area contributed by atoms with Crippen LogP contribution in [0.1, 0.15) is 0 Å². The number of rotatable bonds is 5. The molecule has 0 radical (unpaired) electrons. The van der Waals surface area contributed by atoms with Crippen LogP contribution in [0.3, 0.4) is 0 Å². The van der Waals surface area contributed by atoms with Crippen LogP contribution in [0, 0.1) is 0 Å². The molecule has 0 saturated heterocycles. The Morgan fingerprint density at radius 3 is 2.70 bits per heavy atom. The van der Waals surface area contributed by atoms with Crippen LogP contribution in [0.5, 0.6) is 5.75 Å². The normalized spacial score (nSPS) is 10.6. The van der Waals surface area contributed by atoms with Crippen LogP contribution in [0.15, 0.2) is 45.8 Å². The number of thioether (sulfide) groups is 1. The lowest BCUT2D eigenvalue weighted by atomic mass is 10.3. The molecule has 2 nitrogen and oxygen atoms in total. The molecule has 6 heteroatoms. The molecule has 0 aliphatic carbocycles. The van der Waals surface area contributed by atoms with Gasteiger partial charge in [0.25, 0.3) is 0 Å². The lowest BCUT2D eigenvalue weighted by Gasteiger charge is -2.10. The second-order valence-corrected chi connectivity index (χ2v) is 6.73. The quantitative estimate of drug-likeness (QED) is 0.414. The summed E-state index contributed by atoms with van der Waals surface area (Å²) in [6.07, 6.45) is 0. The SMILES string of the molecule is Nc1cccc(Cl)c1SCCOc1ccc(Cl)cc1Br. The highest BCUT2D eigenvalue weighted by Gasteiger charge is 2.06. The van der Waals surface area contributed by atoms with Gasteiger partial charge >= 0.3 is 0 Å². The molecule has 0 spiro atoms. The molecule has 0 atom stereocenters. The van der Waals surface area contributed by atoms with E-state index >= 15 is 0 Å². The van der Waals surface area contributed by atoms with E-state index in [2.05, 4.69) is 15.9 Å². The van der Waals surface area contributed by atoms with Crippen molar-refractivity contribution in [2.24, 2.45) is 0 Å². The van der Waals surface area contributed by atoms with Gasteiger partial charge in [0.2, 0.25) is 0 Å². The Labute approximate surface area is 140 Å². The summed E-state index contributed by atoms with van der Waals surface area (Å²) < 4.78 is 6.52. The largest absolute Gasteiger partial charge is 0.492 e. The van der Waals surface area contributed by atoms with Crippen LogP contribution in [0.2, 0.25) is 10.0 Å². The molecule has 0 aliphatic heterocycles. The van der Waals surface area contributed by atoms with Gasteiger partial charge in [-0.25, -0.2) is 0 Å². The third kappa shape index (κ3) is 4.22. The molecule has 0 aromatic heterocycles. The maximum atomic E-state index is 6.10. The van der Waals surface area contributed by atoms with Gasteiger partial charge in [0.15, 0.2) is 0 Å². The molecule has 0 bridgehead atoms. The number of benzene rings is 2. The van der Waals surface area contributed by atoms with E-state index in [1.165, 1.54) is 0 Å². The minimum Gasteiger partial charge on any atom is -0.492 e. The van der Waals surface area contributed by atoms with Crippen LogP contribution >= 0.6 is 50.9 Å². The first-order valence-corrected chi connectivity index (χ1v) is 8.36. The van der Waals surface area contributed by atoms with Gasteiger partial charge < -0.3 is 10.5 Å². The van der Waals surface area contributed by atoms with Crippen molar-refractivity contribution in [3.63, 3.8) is 0 Å². The van der Waals surface area contributed by atoms with Crippen molar-refractivity contribution in [1.82, 2.24) is 0 Å². The van der Waals surface area contributed by atoms with Crippen molar-refractivity contribution in [1.29, 1.82) is 0 Å². The fraction of sp³-hybridized carbons (Fsp3) is 0.143. The third-order valence-electron chi connectivity index (χ3n) is 2.48. The van der Waals surface area contributed by atoms with Gasteiger partial charge in [-0.2, -0.15) is 0 Å². The van der Waals surface area contributed by atoms with Crippen LogP contribution < -0.4 is 10.5 Å². The van der Waals surface area contributed by atoms with Crippen molar-refractivity contribution < 1.29 is 4.74 Å². The molecular formula is C14H12BrCl2NOS. The van der Waals surface area contributed by atoms with Crippen LogP contribution in [-0.4, -0.2) is 12.4 Å². The Balaban J connectivity index is 1.88. The average molecular weight is 393 g/mol. The molecule has 0 saturated carbocycles. The number of nitrogen functional groups attached to an aromatic ring is 1. The molecular weight excluding hydrogens is 381 g/mol. The Morgan fingerprint density at radius 2 is 2.00 bits per heavy atom. The maximum absolute atomic E-state index is 6.10. The summed E-state index contributed by atoms with van der Waals surface area (Å²) in [5, 5.41) is 1.34. The van der Waals surface area contributed by atoms with Crippen molar-refractivity contribution >= 4 is 56.6 Å². The minimum absolute atomic E-state index is 0.551. The maximum Gasteiger partial charge on any atom is 0.133 e.